The second-order valence-electron chi connectivity index (χ2n) is 5.10. The lowest BCUT2D eigenvalue weighted by Crippen LogP contribution is -2.43. The minimum atomic E-state index is -0.760. The number of rotatable bonds is 8. The van der Waals surface area contributed by atoms with Crippen molar-refractivity contribution in [3.63, 3.8) is 0 Å². The van der Waals surface area contributed by atoms with Crippen LogP contribution in [0.4, 0.5) is 5.69 Å². The van der Waals surface area contributed by atoms with Crippen LogP contribution in [0.25, 0.3) is 0 Å². The third-order valence-corrected chi connectivity index (χ3v) is 2.95. The van der Waals surface area contributed by atoms with Gasteiger partial charge in [0.05, 0.1) is 13.1 Å². The topological polar surface area (TPSA) is 136 Å². The number of carbonyl (C=O) groups excluding carboxylic acids is 4. The number of amides is 4. The fourth-order valence-corrected chi connectivity index (χ4v) is 1.85. The summed E-state index contributed by atoms with van der Waals surface area (Å²) in [6.45, 7) is 1.10. The first-order valence-electron chi connectivity index (χ1n) is 6.99. The summed E-state index contributed by atoms with van der Waals surface area (Å²) < 4.78 is 0. The van der Waals surface area contributed by atoms with Crippen molar-refractivity contribution < 1.29 is 19.2 Å². The predicted octanol–water partition coefficient (Wildman–Crippen LogP) is -0.487. The Bertz CT molecular complexity index is 582. The largest absolute Gasteiger partial charge is 0.368 e. The molecule has 8 nitrogen and oxygen atoms in total. The van der Waals surface area contributed by atoms with E-state index in [-0.39, 0.29) is 18.7 Å². The van der Waals surface area contributed by atoms with Gasteiger partial charge in [0.2, 0.25) is 23.6 Å². The maximum Gasteiger partial charge on any atom is 0.237 e. The van der Waals surface area contributed by atoms with E-state index >= 15 is 0 Å². The Hall–Kier alpha value is -2.90. The molecule has 1 aromatic rings. The molecule has 0 bridgehead atoms. The summed E-state index contributed by atoms with van der Waals surface area (Å²) in [6, 6.07) is 7.20. The van der Waals surface area contributed by atoms with Crippen molar-refractivity contribution in [2.75, 3.05) is 18.4 Å². The standard InChI is InChI=1S/C15H20N4O4/c1-10-2-4-11(5-3-10)18-14(22)6-7-15(23)19(8-12(16)20)9-13(17)21/h2-5H,6-9H2,1H3,(H2,16,20)(H2,17,21)(H,18,22). The van der Waals surface area contributed by atoms with Crippen molar-refractivity contribution in [3.05, 3.63) is 29.8 Å². The Balaban J connectivity index is 2.51. The number of carbonyl (C=O) groups is 4. The van der Waals surface area contributed by atoms with Gasteiger partial charge in [0.15, 0.2) is 0 Å². The number of nitrogens with zero attached hydrogens (tertiary/aromatic N) is 1. The van der Waals surface area contributed by atoms with Gasteiger partial charge in [-0.15, -0.1) is 0 Å². The highest BCUT2D eigenvalue weighted by Crippen LogP contribution is 2.09. The van der Waals surface area contributed by atoms with E-state index in [1.165, 1.54) is 0 Å². The molecule has 0 spiro atoms. The lowest BCUT2D eigenvalue weighted by atomic mass is 10.2. The molecule has 4 amide bonds. The van der Waals surface area contributed by atoms with Crippen LogP contribution in [0, 0.1) is 6.92 Å². The molecule has 0 radical (unpaired) electrons. The number of anilines is 1. The van der Waals surface area contributed by atoms with E-state index in [2.05, 4.69) is 5.32 Å². The number of nitrogens with two attached hydrogens (primary N) is 2. The minimum Gasteiger partial charge on any atom is -0.368 e. The van der Waals surface area contributed by atoms with E-state index in [4.69, 9.17) is 11.5 Å². The van der Waals surface area contributed by atoms with Gasteiger partial charge in [0.1, 0.15) is 0 Å². The molecule has 0 atom stereocenters. The molecule has 1 rings (SSSR count). The molecule has 0 aliphatic rings. The fourth-order valence-electron chi connectivity index (χ4n) is 1.85. The Labute approximate surface area is 133 Å². The molecular weight excluding hydrogens is 300 g/mol. The van der Waals surface area contributed by atoms with E-state index in [1.807, 2.05) is 19.1 Å². The van der Waals surface area contributed by atoms with Gasteiger partial charge in [-0.1, -0.05) is 17.7 Å². The van der Waals surface area contributed by atoms with E-state index in [0.717, 1.165) is 10.5 Å². The number of primary amides is 2. The Morgan fingerprint density at radius 1 is 0.957 bits per heavy atom. The molecular formula is C15H20N4O4. The second-order valence-corrected chi connectivity index (χ2v) is 5.10. The highest BCUT2D eigenvalue weighted by Gasteiger charge is 2.18. The van der Waals surface area contributed by atoms with Gasteiger partial charge in [-0.3, -0.25) is 19.2 Å². The van der Waals surface area contributed by atoms with Crippen molar-refractivity contribution in [1.29, 1.82) is 0 Å². The monoisotopic (exact) mass is 320 g/mol. The molecule has 23 heavy (non-hydrogen) atoms. The zero-order valence-electron chi connectivity index (χ0n) is 12.9. The molecule has 8 heteroatoms. The fraction of sp³-hybridized carbons (Fsp3) is 0.333. The van der Waals surface area contributed by atoms with Crippen LogP contribution in [0.1, 0.15) is 18.4 Å². The Morgan fingerprint density at radius 2 is 1.48 bits per heavy atom. The number of aryl methyl sites for hydroxylation is 1. The third kappa shape index (κ3) is 7.07. The van der Waals surface area contributed by atoms with Crippen molar-refractivity contribution in [3.8, 4) is 0 Å². The van der Waals surface area contributed by atoms with Crippen molar-refractivity contribution in [2.45, 2.75) is 19.8 Å². The summed E-state index contributed by atoms with van der Waals surface area (Å²) >= 11 is 0. The summed E-state index contributed by atoms with van der Waals surface area (Å²) in [7, 11) is 0. The van der Waals surface area contributed by atoms with Crippen molar-refractivity contribution >= 4 is 29.3 Å². The molecule has 0 aliphatic heterocycles. The number of hydrogen-bond acceptors (Lipinski definition) is 4. The quantitative estimate of drug-likeness (QED) is 0.595. The molecule has 0 aromatic heterocycles. The maximum absolute atomic E-state index is 11.9. The van der Waals surface area contributed by atoms with E-state index in [1.54, 1.807) is 12.1 Å². The molecule has 124 valence electrons. The first-order valence-corrected chi connectivity index (χ1v) is 6.99. The molecule has 0 unspecified atom stereocenters. The van der Waals surface area contributed by atoms with Crippen LogP contribution in [0.5, 0.6) is 0 Å². The highest BCUT2D eigenvalue weighted by molar-refractivity contribution is 5.94. The van der Waals surface area contributed by atoms with Gasteiger partial charge in [-0.25, -0.2) is 0 Å². The highest BCUT2D eigenvalue weighted by atomic mass is 16.2. The summed E-state index contributed by atoms with van der Waals surface area (Å²) in [5.41, 5.74) is 11.7. The van der Waals surface area contributed by atoms with E-state index < -0.39 is 30.8 Å². The number of benzene rings is 1. The normalized spacial score (nSPS) is 9.96. The zero-order valence-corrected chi connectivity index (χ0v) is 12.9. The lowest BCUT2D eigenvalue weighted by Gasteiger charge is -2.19. The van der Waals surface area contributed by atoms with Crippen molar-refractivity contribution in [2.24, 2.45) is 11.5 Å². The van der Waals surface area contributed by atoms with Gasteiger partial charge < -0.3 is 21.7 Å². The van der Waals surface area contributed by atoms with Crippen LogP contribution in [-0.2, 0) is 19.2 Å². The second kappa shape index (κ2) is 8.52. The Morgan fingerprint density at radius 3 is 1.96 bits per heavy atom. The minimum absolute atomic E-state index is 0.0826. The summed E-state index contributed by atoms with van der Waals surface area (Å²) in [5.74, 6) is -2.41. The molecule has 5 N–H and O–H groups in total. The summed E-state index contributed by atoms with van der Waals surface area (Å²) in [5, 5.41) is 2.65. The smallest absolute Gasteiger partial charge is 0.237 e. The average Bonchev–Trinajstić information content (AvgIpc) is 2.45. The third-order valence-electron chi connectivity index (χ3n) is 2.95. The number of nitrogens with one attached hydrogen (secondary N) is 1. The molecule has 0 heterocycles. The van der Waals surface area contributed by atoms with E-state index in [0.29, 0.717) is 5.69 Å². The zero-order chi connectivity index (χ0) is 17.4. The number of hydrogen-bond donors (Lipinski definition) is 3. The molecule has 0 saturated carbocycles. The Kier molecular flexibility index (Phi) is 6.72. The van der Waals surface area contributed by atoms with Crippen LogP contribution in [0.3, 0.4) is 0 Å². The molecule has 0 aliphatic carbocycles. The molecule has 0 fully saturated rings. The maximum atomic E-state index is 11.9. The van der Waals surface area contributed by atoms with Gasteiger partial charge in [-0.05, 0) is 19.1 Å². The van der Waals surface area contributed by atoms with Crippen LogP contribution in [0.2, 0.25) is 0 Å². The van der Waals surface area contributed by atoms with Crippen molar-refractivity contribution in [1.82, 2.24) is 4.90 Å². The predicted molar refractivity (Wildman–Crippen MR) is 84.0 cm³/mol. The van der Waals surface area contributed by atoms with Crippen LogP contribution in [-0.4, -0.2) is 41.6 Å². The van der Waals surface area contributed by atoms with Gasteiger partial charge in [0, 0.05) is 18.5 Å². The summed E-state index contributed by atoms with van der Waals surface area (Å²) in [6.07, 6.45) is -0.237. The first-order chi connectivity index (χ1) is 10.8. The summed E-state index contributed by atoms with van der Waals surface area (Å²) in [4.78, 5) is 46.5. The SMILES string of the molecule is Cc1ccc(NC(=O)CCC(=O)N(CC(N)=O)CC(N)=O)cc1. The van der Waals surface area contributed by atoms with Crippen LogP contribution < -0.4 is 16.8 Å². The average molecular weight is 320 g/mol. The van der Waals surface area contributed by atoms with Gasteiger partial charge in [0.25, 0.3) is 0 Å². The molecule has 0 saturated heterocycles. The first kappa shape index (κ1) is 18.1. The van der Waals surface area contributed by atoms with Gasteiger partial charge in [-0.2, -0.15) is 0 Å². The van der Waals surface area contributed by atoms with E-state index in [9.17, 15) is 19.2 Å². The van der Waals surface area contributed by atoms with Crippen LogP contribution >= 0.6 is 0 Å². The van der Waals surface area contributed by atoms with Gasteiger partial charge >= 0.3 is 0 Å². The molecule has 1 aromatic carbocycles. The lowest BCUT2D eigenvalue weighted by molar-refractivity contribution is -0.138. The van der Waals surface area contributed by atoms with Crippen LogP contribution in [0.15, 0.2) is 24.3 Å².